The molecule has 2 aromatic heterocycles. The van der Waals surface area contributed by atoms with Crippen LogP contribution in [0.5, 0.6) is 0 Å². The zero-order valence-corrected chi connectivity index (χ0v) is 18.8. The van der Waals surface area contributed by atoms with Crippen LogP contribution in [-0.4, -0.2) is 34.5 Å². The van der Waals surface area contributed by atoms with E-state index in [0.29, 0.717) is 29.2 Å². The number of nitriles is 1. The topological polar surface area (TPSA) is 104 Å². The van der Waals surface area contributed by atoms with E-state index in [1.807, 2.05) is 24.3 Å². The van der Waals surface area contributed by atoms with Crippen molar-refractivity contribution in [1.29, 1.82) is 5.26 Å². The van der Waals surface area contributed by atoms with Crippen molar-refractivity contribution in [2.45, 2.75) is 19.3 Å². The van der Waals surface area contributed by atoms with Crippen molar-refractivity contribution < 1.29 is 9.18 Å². The van der Waals surface area contributed by atoms with E-state index in [2.05, 4.69) is 32.5 Å². The van der Waals surface area contributed by atoms with Gasteiger partial charge < -0.3 is 10.6 Å². The number of carbonyl (C=O) groups is 1. The van der Waals surface area contributed by atoms with Crippen molar-refractivity contribution in [1.82, 2.24) is 20.3 Å². The van der Waals surface area contributed by atoms with Gasteiger partial charge in [-0.2, -0.15) is 5.26 Å². The first-order chi connectivity index (χ1) is 16.5. The van der Waals surface area contributed by atoms with E-state index in [1.165, 1.54) is 18.5 Å². The van der Waals surface area contributed by atoms with Crippen LogP contribution in [0.4, 0.5) is 10.2 Å². The average Bonchev–Trinajstić information content (AvgIpc) is 2.87. The maximum absolute atomic E-state index is 14.0. The number of halogens is 1. The largest absolute Gasteiger partial charge is 0.370 e. The lowest BCUT2D eigenvalue weighted by Gasteiger charge is -2.16. The number of fused-ring (bicyclic) bond motifs is 1. The molecule has 0 aliphatic heterocycles. The maximum atomic E-state index is 14.0. The fraction of sp³-hybridized carbons (Fsp3) is 0.192. The van der Waals surface area contributed by atoms with Gasteiger partial charge >= 0.3 is 0 Å². The molecule has 0 fully saturated rings. The van der Waals surface area contributed by atoms with Crippen molar-refractivity contribution in [2.24, 2.45) is 0 Å². The second-order valence-corrected chi connectivity index (χ2v) is 7.89. The molecule has 2 N–H and O–H groups in total. The molecule has 0 saturated heterocycles. The van der Waals surface area contributed by atoms with Gasteiger partial charge in [0, 0.05) is 36.8 Å². The van der Waals surface area contributed by atoms with Crippen molar-refractivity contribution >= 4 is 22.6 Å². The van der Waals surface area contributed by atoms with Gasteiger partial charge in [0.15, 0.2) is 0 Å². The van der Waals surface area contributed by atoms with Crippen molar-refractivity contribution in [3.8, 4) is 17.3 Å². The van der Waals surface area contributed by atoms with Crippen LogP contribution in [0.15, 0.2) is 61.1 Å². The molecule has 0 aliphatic carbocycles. The number of hydrogen-bond donors (Lipinski definition) is 2. The van der Waals surface area contributed by atoms with E-state index < -0.39 is 5.82 Å². The predicted octanol–water partition coefficient (Wildman–Crippen LogP) is 4.67. The standard InChI is InChI=1S/C26H23FN6O/c1-16(19-4-3-5-20-21(26(34)29-2)9-11-31-25(19)20)8-10-30-24-13-23(32-15-33-24)17-6-7-18(14-28)22(27)12-17/h3-7,9,11-13,15-16H,8,10H2,1-2H3,(H,29,34)(H,30,32,33). The fourth-order valence-corrected chi connectivity index (χ4v) is 3.88. The first-order valence-electron chi connectivity index (χ1n) is 10.9. The first kappa shape index (κ1) is 22.8. The van der Waals surface area contributed by atoms with Crippen LogP contribution >= 0.6 is 0 Å². The molecule has 4 aromatic rings. The molecule has 2 aromatic carbocycles. The number of aromatic nitrogens is 3. The summed E-state index contributed by atoms with van der Waals surface area (Å²) >= 11 is 0. The summed E-state index contributed by atoms with van der Waals surface area (Å²) in [5.41, 5.74) is 3.63. The van der Waals surface area contributed by atoms with Crippen LogP contribution in [-0.2, 0) is 0 Å². The van der Waals surface area contributed by atoms with Crippen LogP contribution in [0.3, 0.4) is 0 Å². The molecular formula is C26H23FN6O. The highest BCUT2D eigenvalue weighted by atomic mass is 19.1. The molecule has 1 unspecified atom stereocenters. The third kappa shape index (κ3) is 4.69. The normalized spacial score (nSPS) is 11.6. The Morgan fingerprint density at radius 2 is 2.00 bits per heavy atom. The highest BCUT2D eigenvalue weighted by molar-refractivity contribution is 6.06. The summed E-state index contributed by atoms with van der Waals surface area (Å²) in [6.07, 6.45) is 3.89. The van der Waals surface area contributed by atoms with Gasteiger partial charge in [0.2, 0.25) is 0 Å². The summed E-state index contributed by atoms with van der Waals surface area (Å²) in [6, 6.07) is 15.6. The second-order valence-electron chi connectivity index (χ2n) is 7.89. The Morgan fingerprint density at radius 1 is 1.15 bits per heavy atom. The number of benzene rings is 2. The van der Waals surface area contributed by atoms with Gasteiger partial charge in [-0.1, -0.05) is 31.2 Å². The number of carbonyl (C=O) groups excluding carboxylic acids is 1. The lowest BCUT2D eigenvalue weighted by molar-refractivity contribution is 0.0964. The summed E-state index contributed by atoms with van der Waals surface area (Å²) in [5, 5.41) is 15.7. The minimum Gasteiger partial charge on any atom is -0.370 e. The Balaban J connectivity index is 1.47. The van der Waals surface area contributed by atoms with Crippen molar-refractivity contribution in [3.63, 3.8) is 0 Å². The van der Waals surface area contributed by atoms with Crippen molar-refractivity contribution in [2.75, 3.05) is 18.9 Å². The monoisotopic (exact) mass is 454 g/mol. The molecule has 2 heterocycles. The molecule has 7 nitrogen and oxygen atoms in total. The van der Waals surface area contributed by atoms with E-state index in [0.717, 1.165) is 22.9 Å². The van der Waals surface area contributed by atoms with E-state index in [-0.39, 0.29) is 17.4 Å². The van der Waals surface area contributed by atoms with Gasteiger partial charge in [-0.15, -0.1) is 0 Å². The smallest absolute Gasteiger partial charge is 0.251 e. The number of anilines is 1. The van der Waals surface area contributed by atoms with Crippen LogP contribution in [0.2, 0.25) is 0 Å². The molecule has 1 amide bonds. The Morgan fingerprint density at radius 3 is 2.76 bits per heavy atom. The number of pyridine rings is 1. The summed E-state index contributed by atoms with van der Waals surface area (Å²) in [7, 11) is 1.61. The maximum Gasteiger partial charge on any atom is 0.251 e. The minimum absolute atomic E-state index is 0.00416. The Kier molecular flexibility index (Phi) is 6.74. The quantitative estimate of drug-likeness (QED) is 0.421. The Bertz CT molecular complexity index is 1400. The van der Waals surface area contributed by atoms with Gasteiger partial charge in [-0.25, -0.2) is 14.4 Å². The molecule has 0 radical (unpaired) electrons. The summed E-state index contributed by atoms with van der Waals surface area (Å²) in [4.78, 5) is 25.2. The number of hydrogen-bond acceptors (Lipinski definition) is 6. The summed E-state index contributed by atoms with van der Waals surface area (Å²) in [6.45, 7) is 2.76. The zero-order chi connectivity index (χ0) is 24.1. The lowest BCUT2D eigenvalue weighted by atomic mass is 9.93. The molecular weight excluding hydrogens is 431 g/mol. The van der Waals surface area contributed by atoms with Gasteiger partial charge in [0.05, 0.1) is 22.3 Å². The van der Waals surface area contributed by atoms with Crippen LogP contribution in [0.25, 0.3) is 22.2 Å². The van der Waals surface area contributed by atoms with Crippen molar-refractivity contribution in [3.05, 3.63) is 83.6 Å². The third-order valence-corrected chi connectivity index (χ3v) is 5.74. The summed E-state index contributed by atoms with van der Waals surface area (Å²) < 4.78 is 14.0. The number of nitrogens with one attached hydrogen (secondary N) is 2. The number of rotatable bonds is 7. The van der Waals surface area contributed by atoms with E-state index >= 15 is 0 Å². The van der Waals surface area contributed by atoms with E-state index in [1.54, 1.807) is 31.4 Å². The molecule has 0 aliphatic rings. The SMILES string of the molecule is CNC(=O)c1ccnc2c(C(C)CCNc3cc(-c4ccc(C#N)c(F)c4)ncn3)cccc12. The molecule has 1 atom stereocenters. The van der Waals surface area contributed by atoms with Crippen LogP contribution in [0, 0.1) is 17.1 Å². The molecule has 8 heteroatoms. The molecule has 0 bridgehead atoms. The second kappa shape index (κ2) is 10.0. The van der Waals surface area contributed by atoms with Gasteiger partial charge in [-0.3, -0.25) is 9.78 Å². The van der Waals surface area contributed by atoms with E-state index in [9.17, 15) is 9.18 Å². The van der Waals surface area contributed by atoms with Crippen LogP contribution < -0.4 is 10.6 Å². The van der Waals surface area contributed by atoms with E-state index in [4.69, 9.17) is 5.26 Å². The molecule has 0 saturated carbocycles. The Hall–Kier alpha value is -4.38. The number of nitrogens with zero attached hydrogens (tertiary/aromatic N) is 4. The predicted molar refractivity (Wildman–Crippen MR) is 129 cm³/mol. The zero-order valence-electron chi connectivity index (χ0n) is 18.8. The first-order valence-corrected chi connectivity index (χ1v) is 10.9. The van der Waals surface area contributed by atoms with Crippen LogP contribution in [0.1, 0.15) is 40.7 Å². The number of para-hydroxylation sites is 1. The van der Waals surface area contributed by atoms with Gasteiger partial charge in [-0.05, 0) is 36.1 Å². The highest BCUT2D eigenvalue weighted by Crippen LogP contribution is 2.28. The molecule has 4 rings (SSSR count). The minimum atomic E-state index is -0.579. The Labute approximate surface area is 196 Å². The molecule has 0 spiro atoms. The van der Waals surface area contributed by atoms with Gasteiger partial charge in [0.25, 0.3) is 5.91 Å². The fourth-order valence-electron chi connectivity index (χ4n) is 3.88. The molecule has 170 valence electrons. The average molecular weight is 455 g/mol. The third-order valence-electron chi connectivity index (χ3n) is 5.74. The lowest BCUT2D eigenvalue weighted by Crippen LogP contribution is -2.18. The number of amides is 1. The summed E-state index contributed by atoms with van der Waals surface area (Å²) in [5.74, 6) is 0.0864. The highest BCUT2D eigenvalue weighted by Gasteiger charge is 2.15. The molecule has 34 heavy (non-hydrogen) atoms. The van der Waals surface area contributed by atoms with Gasteiger partial charge in [0.1, 0.15) is 24.0 Å².